The molecule has 2 N–H and O–H groups in total. The number of benzene rings is 1. The fourth-order valence-electron chi connectivity index (χ4n) is 3.49. The van der Waals surface area contributed by atoms with E-state index in [9.17, 15) is 10.0 Å². The van der Waals surface area contributed by atoms with Crippen LogP contribution in [-0.4, -0.2) is 45.5 Å². The molecule has 1 aromatic carbocycles. The van der Waals surface area contributed by atoms with Gasteiger partial charge in [-0.2, -0.15) is 0 Å². The molecule has 0 unspecified atom stereocenters. The lowest BCUT2D eigenvalue weighted by molar-refractivity contribution is -0.883. The quantitative estimate of drug-likeness (QED) is 0.528. The molecule has 1 aliphatic rings. The van der Waals surface area contributed by atoms with Gasteiger partial charge in [0.05, 0.1) is 21.2 Å². The number of amides is 1. The maximum Gasteiger partial charge on any atom is 0.407 e. The lowest BCUT2D eigenvalue weighted by Gasteiger charge is -2.30. The standard InChI is InChI=1S/C19H21N3O4S/c1-2-3-17-20-15-11-22(25)16-10-13(4-5-14(16)18(15)27-17)26-12-6-8-21(9-7-12)19(23)24/h4-5,10-12H,2-3,6-9H2,1H3,(H-,23,24,25)/p+1. The Hall–Kier alpha value is -2.61. The van der Waals surface area contributed by atoms with Crippen LogP contribution in [0.4, 0.5) is 4.79 Å². The number of nitrogens with zero attached hydrogens (tertiary/aromatic N) is 3. The Balaban J connectivity index is 1.59. The van der Waals surface area contributed by atoms with Gasteiger partial charge in [-0.25, -0.2) is 9.78 Å². The molecule has 0 atom stereocenters. The molecule has 0 spiro atoms. The van der Waals surface area contributed by atoms with Gasteiger partial charge in [-0.1, -0.05) is 6.92 Å². The summed E-state index contributed by atoms with van der Waals surface area (Å²) in [7, 11) is 0. The van der Waals surface area contributed by atoms with Crippen molar-refractivity contribution >= 4 is 38.5 Å². The molecular weight excluding hydrogens is 366 g/mol. The van der Waals surface area contributed by atoms with Crippen molar-refractivity contribution in [2.75, 3.05) is 13.1 Å². The number of hydrogen-bond acceptors (Lipinski definition) is 5. The number of thiazole rings is 1. The molecule has 3 heterocycles. The summed E-state index contributed by atoms with van der Waals surface area (Å²) >= 11 is 1.67. The summed E-state index contributed by atoms with van der Waals surface area (Å²) in [6.07, 6.45) is 4.04. The summed E-state index contributed by atoms with van der Waals surface area (Å²) < 4.78 is 8.22. The number of fused-ring (bicyclic) bond motifs is 3. The Labute approximate surface area is 160 Å². The first-order valence-corrected chi connectivity index (χ1v) is 9.98. The minimum Gasteiger partial charge on any atom is -0.490 e. The van der Waals surface area contributed by atoms with Gasteiger partial charge < -0.3 is 14.7 Å². The molecule has 1 saturated heterocycles. The number of carboxylic acid groups (broad SMARTS) is 1. The number of ether oxygens (including phenoxy) is 1. The van der Waals surface area contributed by atoms with E-state index in [2.05, 4.69) is 11.9 Å². The van der Waals surface area contributed by atoms with Crippen LogP contribution in [0.3, 0.4) is 0 Å². The van der Waals surface area contributed by atoms with E-state index in [-0.39, 0.29) is 6.10 Å². The maximum absolute atomic E-state index is 11.0. The Morgan fingerprint density at radius 1 is 1.41 bits per heavy atom. The lowest BCUT2D eigenvalue weighted by atomic mass is 10.1. The highest BCUT2D eigenvalue weighted by atomic mass is 32.1. The molecule has 0 bridgehead atoms. The molecule has 0 aliphatic carbocycles. The van der Waals surface area contributed by atoms with Gasteiger partial charge in [0.1, 0.15) is 11.9 Å². The predicted octanol–water partition coefficient (Wildman–Crippen LogP) is 3.45. The summed E-state index contributed by atoms with van der Waals surface area (Å²) in [4.78, 5) is 17.0. The SMILES string of the molecule is CCCc1nc2c[n+](O)c3cc(OC4CCN(C(=O)O)CC4)ccc3c2s1. The number of pyridine rings is 1. The van der Waals surface area contributed by atoms with Crippen LogP contribution in [0.25, 0.3) is 21.1 Å². The Morgan fingerprint density at radius 3 is 2.89 bits per heavy atom. The molecule has 0 saturated carbocycles. The number of aromatic nitrogens is 2. The van der Waals surface area contributed by atoms with E-state index in [1.165, 1.54) is 4.90 Å². The summed E-state index contributed by atoms with van der Waals surface area (Å²) in [6.45, 7) is 3.09. The van der Waals surface area contributed by atoms with E-state index in [4.69, 9.17) is 9.84 Å². The molecule has 2 aromatic heterocycles. The van der Waals surface area contributed by atoms with E-state index < -0.39 is 6.09 Å². The van der Waals surface area contributed by atoms with E-state index in [1.807, 2.05) is 18.2 Å². The van der Waals surface area contributed by atoms with Crippen LogP contribution in [0.5, 0.6) is 5.75 Å². The van der Waals surface area contributed by atoms with Crippen LogP contribution in [0.1, 0.15) is 31.2 Å². The van der Waals surface area contributed by atoms with Gasteiger partial charge in [0.25, 0.3) is 5.52 Å². The molecule has 27 heavy (non-hydrogen) atoms. The molecule has 0 radical (unpaired) electrons. The van der Waals surface area contributed by atoms with Crippen molar-refractivity contribution in [1.29, 1.82) is 0 Å². The third-order valence-corrected chi connectivity index (χ3v) is 6.05. The number of carbonyl (C=O) groups is 1. The zero-order chi connectivity index (χ0) is 19.0. The van der Waals surface area contributed by atoms with Crippen molar-refractivity contribution in [2.24, 2.45) is 0 Å². The van der Waals surface area contributed by atoms with Gasteiger partial charge in [0.15, 0.2) is 5.52 Å². The fraction of sp³-hybridized carbons (Fsp3) is 0.421. The van der Waals surface area contributed by atoms with Crippen LogP contribution >= 0.6 is 11.3 Å². The topological polar surface area (TPSA) is 86.8 Å². The Kier molecular flexibility index (Phi) is 4.73. The van der Waals surface area contributed by atoms with Gasteiger partial charge in [0, 0.05) is 30.7 Å². The highest BCUT2D eigenvalue weighted by Gasteiger charge is 2.24. The first-order chi connectivity index (χ1) is 13.0. The summed E-state index contributed by atoms with van der Waals surface area (Å²) in [5, 5.41) is 21.4. The number of piperidine rings is 1. The summed E-state index contributed by atoms with van der Waals surface area (Å²) in [6, 6.07) is 5.70. The summed E-state index contributed by atoms with van der Waals surface area (Å²) in [5.41, 5.74) is 1.47. The van der Waals surface area contributed by atoms with Crippen LogP contribution in [0.15, 0.2) is 24.4 Å². The zero-order valence-corrected chi connectivity index (χ0v) is 15.9. The third kappa shape index (κ3) is 3.49. The van der Waals surface area contributed by atoms with Crippen molar-refractivity contribution < 1.29 is 24.6 Å². The minimum atomic E-state index is -0.878. The molecule has 7 nitrogen and oxygen atoms in total. The minimum absolute atomic E-state index is 0.0199. The van der Waals surface area contributed by atoms with Crippen LogP contribution in [0, 0.1) is 0 Å². The first-order valence-electron chi connectivity index (χ1n) is 9.16. The van der Waals surface area contributed by atoms with Gasteiger partial charge >= 0.3 is 6.09 Å². The second-order valence-corrected chi connectivity index (χ2v) is 7.90. The molecule has 3 aromatic rings. The van der Waals surface area contributed by atoms with Crippen molar-refractivity contribution in [3.8, 4) is 5.75 Å². The van der Waals surface area contributed by atoms with E-state index in [1.54, 1.807) is 17.5 Å². The second kappa shape index (κ2) is 7.19. The van der Waals surface area contributed by atoms with Crippen molar-refractivity contribution in [3.05, 3.63) is 29.4 Å². The van der Waals surface area contributed by atoms with Gasteiger partial charge in [0.2, 0.25) is 6.20 Å². The van der Waals surface area contributed by atoms with E-state index >= 15 is 0 Å². The van der Waals surface area contributed by atoms with Gasteiger partial charge in [-0.05, 0) is 25.0 Å². The molecule has 4 rings (SSSR count). The smallest absolute Gasteiger partial charge is 0.407 e. The van der Waals surface area contributed by atoms with E-state index in [0.717, 1.165) is 38.2 Å². The fourth-order valence-corrected chi connectivity index (χ4v) is 4.66. The van der Waals surface area contributed by atoms with Crippen LogP contribution in [-0.2, 0) is 6.42 Å². The third-order valence-electron chi connectivity index (χ3n) is 4.88. The van der Waals surface area contributed by atoms with Crippen LogP contribution in [0.2, 0.25) is 0 Å². The van der Waals surface area contributed by atoms with Crippen molar-refractivity contribution in [3.63, 3.8) is 0 Å². The Morgan fingerprint density at radius 2 is 2.19 bits per heavy atom. The average Bonchev–Trinajstić information content (AvgIpc) is 3.05. The van der Waals surface area contributed by atoms with Crippen molar-refractivity contribution in [1.82, 2.24) is 9.88 Å². The lowest BCUT2D eigenvalue weighted by Crippen LogP contribution is -2.41. The molecule has 1 fully saturated rings. The highest BCUT2D eigenvalue weighted by molar-refractivity contribution is 7.19. The summed E-state index contributed by atoms with van der Waals surface area (Å²) in [5.74, 6) is 0.678. The monoisotopic (exact) mass is 388 g/mol. The predicted molar refractivity (Wildman–Crippen MR) is 102 cm³/mol. The zero-order valence-electron chi connectivity index (χ0n) is 15.1. The highest BCUT2D eigenvalue weighted by Crippen LogP contribution is 2.31. The molecule has 1 aliphatic heterocycles. The van der Waals surface area contributed by atoms with Gasteiger partial charge in [-0.15, -0.1) is 11.3 Å². The molecule has 8 heteroatoms. The number of hydrogen-bond donors (Lipinski definition) is 2. The first kappa shape index (κ1) is 17.8. The number of aryl methyl sites for hydroxylation is 1. The molecule has 142 valence electrons. The number of rotatable bonds is 4. The molecular formula is C19H22N3O4S+. The average molecular weight is 388 g/mol. The Bertz CT molecular complexity index is 995. The van der Waals surface area contributed by atoms with Gasteiger partial charge in [-0.3, -0.25) is 5.21 Å². The largest absolute Gasteiger partial charge is 0.490 e. The number of likely N-dealkylation sites (tertiary alicyclic amines) is 1. The second-order valence-electron chi connectivity index (χ2n) is 6.81. The van der Waals surface area contributed by atoms with Crippen LogP contribution < -0.4 is 9.47 Å². The normalized spacial score (nSPS) is 15.5. The molecule has 1 amide bonds. The van der Waals surface area contributed by atoms with E-state index in [0.29, 0.717) is 37.2 Å². The maximum atomic E-state index is 11.0. The van der Waals surface area contributed by atoms with Crippen molar-refractivity contribution in [2.45, 2.75) is 38.7 Å².